The molecule has 0 atom stereocenters. The van der Waals surface area contributed by atoms with Gasteiger partial charge in [-0.3, -0.25) is 0 Å². The Morgan fingerprint density at radius 1 is 1.14 bits per heavy atom. The Hall–Kier alpha value is -4.23. The molecule has 184 valence electrons. The first-order valence-electron chi connectivity index (χ1n) is 11.7. The number of nitrogens with zero attached hydrogens (tertiary/aromatic N) is 5. The molecule has 36 heavy (non-hydrogen) atoms. The molecule has 1 aliphatic heterocycles. The Morgan fingerprint density at radius 2 is 1.89 bits per heavy atom. The van der Waals surface area contributed by atoms with E-state index in [2.05, 4.69) is 30.3 Å². The third-order valence-corrected chi connectivity index (χ3v) is 6.28. The van der Waals surface area contributed by atoms with E-state index < -0.39 is 11.6 Å². The van der Waals surface area contributed by atoms with Crippen molar-refractivity contribution in [2.24, 2.45) is 0 Å². The van der Waals surface area contributed by atoms with Crippen LogP contribution in [0.4, 0.5) is 31.7 Å². The molecule has 0 aliphatic carbocycles. The molecule has 5 rings (SSSR count). The summed E-state index contributed by atoms with van der Waals surface area (Å²) in [5.74, 6) is -1.63. The molecule has 0 radical (unpaired) electrons. The van der Waals surface area contributed by atoms with E-state index in [0.717, 1.165) is 49.3 Å². The molecule has 2 aromatic carbocycles. The Bertz CT molecular complexity index is 1450. The van der Waals surface area contributed by atoms with Gasteiger partial charge in [0.05, 0.1) is 12.1 Å². The summed E-state index contributed by atoms with van der Waals surface area (Å²) < 4.78 is 37.6. The first-order chi connectivity index (χ1) is 17.5. The smallest absolute Gasteiger partial charge is 0.288 e. The summed E-state index contributed by atoms with van der Waals surface area (Å²) in [6.45, 7) is 15.6. The Balaban J connectivity index is 1.43. The van der Waals surface area contributed by atoms with Gasteiger partial charge in [-0.05, 0) is 44.2 Å². The monoisotopic (exact) mass is 489 g/mol. The van der Waals surface area contributed by atoms with E-state index in [1.54, 1.807) is 17.6 Å². The molecule has 0 amide bonds. The van der Waals surface area contributed by atoms with Crippen molar-refractivity contribution in [3.63, 3.8) is 0 Å². The van der Waals surface area contributed by atoms with E-state index in [1.807, 2.05) is 31.2 Å². The number of aromatic nitrogens is 3. The minimum atomic E-state index is -0.714. The van der Waals surface area contributed by atoms with Crippen LogP contribution >= 0.6 is 0 Å². The van der Waals surface area contributed by atoms with Crippen LogP contribution in [0, 0.1) is 25.1 Å². The van der Waals surface area contributed by atoms with Crippen LogP contribution in [0.15, 0.2) is 42.7 Å². The second kappa shape index (κ2) is 9.79. The summed E-state index contributed by atoms with van der Waals surface area (Å²) in [7, 11) is 0. The highest BCUT2D eigenvalue weighted by Gasteiger charge is 2.21. The summed E-state index contributed by atoms with van der Waals surface area (Å²) in [6.07, 6.45) is 1.21. The van der Waals surface area contributed by atoms with Crippen LogP contribution in [-0.4, -0.2) is 40.7 Å². The first-order valence-corrected chi connectivity index (χ1v) is 11.7. The largest absolute Gasteiger partial charge is 0.446 e. The van der Waals surface area contributed by atoms with E-state index in [0.29, 0.717) is 6.54 Å². The summed E-state index contributed by atoms with van der Waals surface area (Å²) in [5, 5.41) is 6.55. The molecule has 8 nitrogen and oxygen atoms in total. The molecular formula is C26H25F2N7O. The van der Waals surface area contributed by atoms with Crippen molar-refractivity contribution >= 4 is 33.8 Å². The Labute approximate surface area is 207 Å². The van der Waals surface area contributed by atoms with Gasteiger partial charge < -0.3 is 24.8 Å². The van der Waals surface area contributed by atoms with Gasteiger partial charge in [-0.15, -0.1) is 0 Å². The van der Waals surface area contributed by atoms with Gasteiger partial charge >= 0.3 is 0 Å². The molecule has 3 heterocycles. The fourth-order valence-corrected chi connectivity index (χ4v) is 4.51. The van der Waals surface area contributed by atoms with Crippen molar-refractivity contribution in [1.82, 2.24) is 19.9 Å². The van der Waals surface area contributed by atoms with Gasteiger partial charge in [-0.25, -0.2) is 23.6 Å². The van der Waals surface area contributed by atoms with Gasteiger partial charge in [-0.2, -0.15) is 0 Å². The Morgan fingerprint density at radius 3 is 2.58 bits per heavy atom. The molecule has 10 heteroatoms. The molecule has 0 bridgehead atoms. The maximum absolute atomic E-state index is 15.3. The second-order valence-corrected chi connectivity index (χ2v) is 8.46. The van der Waals surface area contributed by atoms with Gasteiger partial charge in [0.25, 0.3) is 5.69 Å². The molecule has 0 saturated carbocycles. The average Bonchev–Trinajstić information content (AvgIpc) is 3.25. The Kier molecular flexibility index (Phi) is 6.40. The van der Waals surface area contributed by atoms with Crippen LogP contribution in [0.5, 0.6) is 11.6 Å². The highest BCUT2D eigenvalue weighted by molar-refractivity contribution is 5.85. The molecule has 2 aromatic heterocycles. The molecule has 0 spiro atoms. The molecule has 1 saturated heterocycles. The number of hydrogen-bond donors (Lipinski definition) is 2. The van der Waals surface area contributed by atoms with E-state index >= 15 is 4.39 Å². The maximum atomic E-state index is 15.3. The van der Waals surface area contributed by atoms with Crippen LogP contribution in [0.25, 0.3) is 15.7 Å². The summed E-state index contributed by atoms with van der Waals surface area (Å²) in [5.41, 5.74) is 2.71. The highest BCUT2D eigenvalue weighted by atomic mass is 19.1. The fourth-order valence-electron chi connectivity index (χ4n) is 4.51. The van der Waals surface area contributed by atoms with E-state index in [4.69, 9.17) is 11.3 Å². The number of aryl methyl sites for hydroxylation is 2. The molecule has 4 aromatic rings. The minimum absolute atomic E-state index is 0.0362. The first kappa shape index (κ1) is 23.5. The number of rotatable bonds is 6. The lowest BCUT2D eigenvalue weighted by molar-refractivity contribution is 0.428. The van der Waals surface area contributed by atoms with Crippen LogP contribution in [-0.2, 0) is 6.54 Å². The van der Waals surface area contributed by atoms with Crippen LogP contribution in [0.1, 0.15) is 12.6 Å². The van der Waals surface area contributed by atoms with Crippen molar-refractivity contribution in [3.8, 4) is 11.6 Å². The van der Waals surface area contributed by atoms with Crippen molar-refractivity contribution < 1.29 is 13.5 Å². The fraction of sp³-hybridized carbons (Fsp3) is 0.269. The number of halogens is 2. The third-order valence-electron chi connectivity index (χ3n) is 6.28. The average molecular weight is 490 g/mol. The predicted octanol–water partition coefficient (Wildman–Crippen LogP) is 5.53. The summed E-state index contributed by atoms with van der Waals surface area (Å²) in [6, 6.07) is 10.4. The van der Waals surface area contributed by atoms with E-state index in [-0.39, 0.29) is 34.0 Å². The highest BCUT2D eigenvalue weighted by Crippen LogP contribution is 2.39. The maximum Gasteiger partial charge on any atom is 0.288 e. The summed E-state index contributed by atoms with van der Waals surface area (Å²) in [4.78, 5) is 14.0. The van der Waals surface area contributed by atoms with Crippen molar-refractivity contribution in [2.45, 2.75) is 20.4 Å². The van der Waals surface area contributed by atoms with Crippen LogP contribution in [0.3, 0.4) is 0 Å². The number of ether oxygens (including phenoxy) is 1. The summed E-state index contributed by atoms with van der Waals surface area (Å²) >= 11 is 0. The molecule has 1 fully saturated rings. The number of hydrogen-bond acceptors (Lipinski definition) is 6. The number of benzene rings is 2. The SMILES string of the molecule is [C-]#[N+]c1c(Nc2ccc(N3CCNCC3)cc2)ncnc1Oc1cc(F)c2c(cc(C)n2CC)c1F. The number of anilines is 3. The van der Waals surface area contributed by atoms with Crippen LogP contribution in [0.2, 0.25) is 0 Å². The molecular weight excluding hydrogens is 464 g/mol. The minimum Gasteiger partial charge on any atom is -0.446 e. The zero-order chi connectivity index (χ0) is 25.2. The van der Waals surface area contributed by atoms with Gasteiger partial charge in [0.1, 0.15) is 12.1 Å². The topological polar surface area (TPSA) is 71.6 Å². The predicted molar refractivity (Wildman–Crippen MR) is 135 cm³/mol. The van der Waals surface area contributed by atoms with Gasteiger partial charge in [0.2, 0.25) is 5.88 Å². The van der Waals surface area contributed by atoms with Crippen LogP contribution < -0.4 is 20.3 Å². The van der Waals surface area contributed by atoms with Gasteiger partial charge in [0.15, 0.2) is 17.4 Å². The number of nitrogens with one attached hydrogen (secondary N) is 2. The second-order valence-electron chi connectivity index (χ2n) is 8.46. The number of piperazine rings is 1. The zero-order valence-electron chi connectivity index (χ0n) is 20.0. The standard InChI is InChI=1S/C26H25F2N7O/c1-4-35-16(2)13-19-22(28)21(14-20(27)24(19)35)36-26-23(29-3)25(31-15-32-26)33-17-5-7-18(8-6-17)34-11-9-30-10-12-34/h5-8,13-15,30H,4,9-12H2,1-2H3,(H,31,32,33). The zero-order valence-corrected chi connectivity index (χ0v) is 20.0. The quantitative estimate of drug-likeness (QED) is 0.347. The number of fused-ring (bicyclic) bond motifs is 1. The molecule has 2 N–H and O–H groups in total. The lowest BCUT2D eigenvalue weighted by atomic mass is 10.2. The molecule has 1 aliphatic rings. The van der Waals surface area contributed by atoms with E-state index in [9.17, 15) is 4.39 Å². The van der Waals surface area contributed by atoms with Gasteiger partial charge in [0, 0.05) is 61.2 Å². The van der Waals surface area contributed by atoms with Crippen molar-refractivity contribution in [2.75, 3.05) is 36.4 Å². The lowest BCUT2D eigenvalue weighted by Crippen LogP contribution is -2.43. The normalized spacial score (nSPS) is 13.6. The van der Waals surface area contributed by atoms with Gasteiger partial charge in [-0.1, -0.05) is 0 Å². The van der Waals surface area contributed by atoms with Crippen molar-refractivity contribution in [3.05, 3.63) is 71.5 Å². The third kappa shape index (κ3) is 4.29. The van der Waals surface area contributed by atoms with E-state index in [1.165, 1.54) is 6.33 Å². The molecule has 0 unspecified atom stereocenters. The lowest BCUT2D eigenvalue weighted by Gasteiger charge is -2.29. The van der Waals surface area contributed by atoms with Crippen molar-refractivity contribution in [1.29, 1.82) is 0 Å².